The van der Waals surface area contributed by atoms with Crippen LogP contribution in [0.1, 0.15) is 22.3 Å². The Morgan fingerprint density at radius 2 is 1.76 bits per heavy atom. The molecule has 0 fully saturated rings. The summed E-state index contributed by atoms with van der Waals surface area (Å²) < 4.78 is 15.0. The highest BCUT2D eigenvalue weighted by molar-refractivity contribution is 6.02. The molecule has 0 saturated carbocycles. The minimum Gasteiger partial charge on any atom is -0.493 e. The number of anilines is 1. The second-order valence-corrected chi connectivity index (χ2v) is 9.53. The fourth-order valence-corrected chi connectivity index (χ4v) is 5.02. The molecule has 0 saturated heterocycles. The average molecular weight is 506 g/mol. The fourth-order valence-electron chi connectivity index (χ4n) is 5.02. The van der Waals surface area contributed by atoms with Crippen molar-refractivity contribution in [2.75, 3.05) is 12.4 Å². The van der Waals surface area contributed by atoms with Crippen molar-refractivity contribution in [1.82, 2.24) is 9.36 Å². The average Bonchev–Trinajstić information content (AvgIpc) is 3.19. The highest BCUT2D eigenvalue weighted by Gasteiger charge is 2.31. The lowest BCUT2D eigenvalue weighted by atomic mass is 10.0. The van der Waals surface area contributed by atoms with Crippen LogP contribution in [0.5, 0.6) is 17.4 Å². The first kappa shape index (κ1) is 23.6. The lowest BCUT2D eigenvalue weighted by molar-refractivity contribution is -0.117. The van der Waals surface area contributed by atoms with Crippen LogP contribution in [-0.4, -0.2) is 22.4 Å². The van der Waals surface area contributed by atoms with E-state index >= 15 is 0 Å². The van der Waals surface area contributed by atoms with Crippen molar-refractivity contribution in [3.05, 3.63) is 111 Å². The topological polar surface area (TPSA) is 74.5 Å². The lowest BCUT2D eigenvalue weighted by Gasteiger charge is -2.21. The number of hydrogen-bond acceptors (Lipinski definition) is 4. The van der Waals surface area contributed by atoms with E-state index in [4.69, 9.17) is 9.47 Å². The molecule has 0 unspecified atom stereocenters. The summed E-state index contributed by atoms with van der Waals surface area (Å²) in [6.45, 7) is 3.91. The van der Waals surface area contributed by atoms with E-state index in [9.17, 15) is 9.59 Å². The van der Waals surface area contributed by atoms with Gasteiger partial charge in [-0.1, -0.05) is 54.6 Å². The van der Waals surface area contributed by atoms with Gasteiger partial charge in [-0.2, -0.15) is 0 Å². The summed E-state index contributed by atoms with van der Waals surface area (Å²) in [6, 6.07) is 25.1. The van der Waals surface area contributed by atoms with Crippen molar-refractivity contribution in [3.8, 4) is 23.1 Å². The van der Waals surface area contributed by atoms with Crippen molar-refractivity contribution >= 4 is 22.4 Å². The molecule has 1 amide bonds. The molecule has 0 aliphatic carbocycles. The zero-order valence-electron chi connectivity index (χ0n) is 21.4. The van der Waals surface area contributed by atoms with Crippen molar-refractivity contribution in [2.45, 2.75) is 26.8 Å². The molecule has 0 atom stereocenters. The zero-order chi connectivity index (χ0) is 26.4. The monoisotopic (exact) mass is 505 g/mol. The van der Waals surface area contributed by atoms with Crippen LogP contribution in [0.4, 0.5) is 5.69 Å². The van der Waals surface area contributed by atoms with E-state index in [0.717, 1.165) is 27.5 Å². The largest absolute Gasteiger partial charge is 0.493 e. The molecule has 7 heteroatoms. The van der Waals surface area contributed by atoms with E-state index < -0.39 is 0 Å². The zero-order valence-corrected chi connectivity index (χ0v) is 21.4. The highest BCUT2D eigenvalue weighted by atomic mass is 16.5. The molecule has 6 rings (SSSR count). The van der Waals surface area contributed by atoms with Crippen LogP contribution >= 0.6 is 0 Å². The number of amides is 1. The van der Waals surface area contributed by atoms with Crippen LogP contribution in [0, 0.1) is 13.8 Å². The predicted molar refractivity (Wildman–Crippen MR) is 148 cm³/mol. The van der Waals surface area contributed by atoms with Crippen LogP contribution in [0.2, 0.25) is 0 Å². The van der Waals surface area contributed by atoms with Gasteiger partial charge in [-0.05, 0) is 54.6 Å². The molecule has 1 aliphatic heterocycles. The highest BCUT2D eigenvalue weighted by Crippen LogP contribution is 2.42. The molecule has 190 valence electrons. The van der Waals surface area contributed by atoms with E-state index in [1.165, 1.54) is 4.68 Å². The number of aromatic nitrogens is 2. The molecule has 5 aromatic rings. The van der Waals surface area contributed by atoms with Crippen LogP contribution in [-0.2, 0) is 17.8 Å². The third-order valence-corrected chi connectivity index (χ3v) is 7.12. The third-order valence-electron chi connectivity index (χ3n) is 7.12. The van der Waals surface area contributed by atoms with Crippen LogP contribution in [0.15, 0.2) is 83.7 Å². The standard InChI is InChI=1S/C31H27N3O4/c1-19-14-15-23(16-20(19)2)34-30(36)25-17-22-10-7-13-27(37-3)29(22)38-31(25)33(34)18-28(35)32-26-12-6-9-21-8-4-5-11-24(21)26/h4-16H,17-18H2,1-3H3,(H,32,35). The molecular weight excluding hydrogens is 478 g/mol. The van der Waals surface area contributed by atoms with Gasteiger partial charge in [0.2, 0.25) is 11.8 Å². The number of ether oxygens (including phenoxy) is 2. The van der Waals surface area contributed by atoms with Gasteiger partial charge >= 0.3 is 0 Å². The molecule has 38 heavy (non-hydrogen) atoms. The number of nitrogens with zero attached hydrogens (tertiary/aromatic N) is 2. The number of rotatable bonds is 5. The van der Waals surface area contributed by atoms with Gasteiger partial charge < -0.3 is 14.8 Å². The fraction of sp³-hybridized carbons (Fsp3) is 0.161. The third kappa shape index (κ3) is 3.93. The number of hydrogen-bond donors (Lipinski definition) is 1. The van der Waals surface area contributed by atoms with Crippen molar-refractivity contribution in [2.24, 2.45) is 0 Å². The van der Waals surface area contributed by atoms with Gasteiger partial charge in [0.1, 0.15) is 6.54 Å². The van der Waals surface area contributed by atoms with Crippen LogP contribution in [0.3, 0.4) is 0 Å². The van der Waals surface area contributed by atoms with Gasteiger partial charge in [0, 0.05) is 23.1 Å². The number of carbonyl (C=O) groups excluding carboxylic acids is 1. The van der Waals surface area contributed by atoms with Crippen LogP contribution in [0.25, 0.3) is 16.5 Å². The maximum atomic E-state index is 13.8. The van der Waals surface area contributed by atoms with Crippen LogP contribution < -0.4 is 20.3 Å². The molecule has 7 nitrogen and oxygen atoms in total. The summed E-state index contributed by atoms with van der Waals surface area (Å²) in [5.74, 6) is 1.21. The predicted octanol–water partition coefficient (Wildman–Crippen LogP) is 5.75. The SMILES string of the molecule is COc1cccc2c1Oc1c(c(=O)n(-c3ccc(C)c(C)c3)n1CC(=O)Nc1cccc3ccccc13)C2. The maximum absolute atomic E-state index is 13.8. The van der Waals surface area contributed by atoms with Gasteiger partial charge in [-0.25, -0.2) is 9.36 Å². The second-order valence-electron chi connectivity index (χ2n) is 9.53. The van der Waals surface area contributed by atoms with Crippen molar-refractivity contribution in [1.29, 1.82) is 0 Å². The maximum Gasteiger partial charge on any atom is 0.278 e. The Morgan fingerprint density at radius 1 is 0.974 bits per heavy atom. The number of fused-ring (bicyclic) bond motifs is 3. The summed E-state index contributed by atoms with van der Waals surface area (Å²) in [5.41, 5.74) is 4.69. The number of para-hydroxylation sites is 1. The van der Waals surface area contributed by atoms with E-state index in [1.807, 2.05) is 92.7 Å². The summed E-state index contributed by atoms with van der Waals surface area (Å²) >= 11 is 0. The van der Waals surface area contributed by atoms with Crippen molar-refractivity contribution in [3.63, 3.8) is 0 Å². The molecule has 2 heterocycles. The molecule has 1 aliphatic rings. The second kappa shape index (κ2) is 9.27. The molecule has 1 aromatic heterocycles. The minimum atomic E-state index is -0.272. The molecular formula is C31H27N3O4. The summed E-state index contributed by atoms with van der Waals surface area (Å²) in [4.78, 5) is 27.3. The van der Waals surface area contributed by atoms with Crippen molar-refractivity contribution < 1.29 is 14.3 Å². The van der Waals surface area contributed by atoms with Gasteiger partial charge in [-0.3, -0.25) is 9.59 Å². The van der Waals surface area contributed by atoms with Gasteiger partial charge in [0.25, 0.3) is 5.56 Å². The molecule has 0 radical (unpaired) electrons. The van der Waals surface area contributed by atoms with E-state index in [-0.39, 0.29) is 18.0 Å². The summed E-state index contributed by atoms with van der Waals surface area (Å²) in [5, 5.41) is 5.01. The number of benzene rings is 4. The Balaban J connectivity index is 1.45. The molecule has 1 N–H and O–H groups in total. The minimum absolute atomic E-state index is 0.120. The summed E-state index contributed by atoms with van der Waals surface area (Å²) in [7, 11) is 1.58. The summed E-state index contributed by atoms with van der Waals surface area (Å²) in [6.07, 6.45) is 0.378. The Hall–Kier alpha value is -4.78. The molecule has 0 spiro atoms. The number of methoxy groups -OCH3 is 1. The first-order chi connectivity index (χ1) is 18.4. The Morgan fingerprint density at radius 3 is 2.58 bits per heavy atom. The molecule has 0 bridgehead atoms. The quantitative estimate of drug-likeness (QED) is 0.324. The lowest BCUT2D eigenvalue weighted by Crippen LogP contribution is -2.27. The van der Waals surface area contributed by atoms with Gasteiger partial charge in [-0.15, -0.1) is 0 Å². The van der Waals surface area contributed by atoms with Gasteiger partial charge in [0.15, 0.2) is 11.5 Å². The van der Waals surface area contributed by atoms with Gasteiger partial charge in [0.05, 0.1) is 18.4 Å². The Bertz CT molecular complexity index is 1780. The number of aryl methyl sites for hydroxylation is 2. The van der Waals surface area contributed by atoms with E-state index in [2.05, 4.69) is 5.32 Å². The molecule has 4 aromatic carbocycles. The van der Waals surface area contributed by atoms with E-state index in [1.54, 1.807) is 11.8 Å². The van der Waals surface area contributed by atoms with E-state index in [0.29, 0.717) is 40.7 Å². The normalized spacial score (nSPS) is 12.0. The number of nitrogens with one attached hydrogen (secondary N) is 1. The Labute approximate surface area is 219 Å². The number of carbonyl (C=O) groups is 1. The Kier molecular flexibility index (Phi) is 5.76. The smallest absolute Gasteiger partial charge is 0.278 e. The first-order valence-electron chi connectivity index (χ1n) is 12.5. The first-order valence-corrected chi connectivity index (χ1v) is 12.5.